The van der Waals surface area contributed by atoms with E-state index in [-0.39, 0.29) is 0 Å². The van der Waals surface area contributed by atoms with Crippen molar-refractivity contribution < 1.29 is 0 Å². The predicted molar refractivity (Wildman–Crippen MR) is 31.6 cm³/mol. The van der Waals surface area contributed by atoms with Gasteiger partial charge < -0.3 is 11.1 Å². The molecule has 0 fully saturated rings. The molecule has 0 atom stereocenters. The highest BCUT2D eigenvalue weighted by molar-refractivity contribution is 4.56. The van der Waals surface area contributed by atoms with Gasteiger partial charge in [0, 0.05) is 6.54 Å². The van der Waals surface area contributed by atoms with Gasteiger partial charge in [0.2, 0.25) is 0 Å². The number of hydrogen-bond donors (Lipinski definition) is 2. The molecule has 0 aliphatic carbocycles. The van der Waals surface area contributed by atoms with Crippen LogP contribution in [-0.2, 0) is 0 Å². The molecule has 0 aromatic carbocycles. The summed E-state index contributed by atoms with van der Waals surface area (Å²) in [6.07, 6.45) is 2.16. The zero-order valence-electron chi connectivity index (χ0n) is 4.78. The third kappa shape index (κ3) is 5.92. The molecule has 43 valence electrons. The summed E-state index contributed by atoms with van der Waals surface area (Å²) in [5.74, 6) is 0. The molecule has 0 rings (SSSR count). The van der Waals surface area contributed by atoms with Crippen molar-refractivity contribution in [3.8, 4) is 0 Å². The van der Waals surface area contributed by atoms with E-state index in [0.29, 0.717) is 0 Å². The molecule has 1 radical (unpaired) electrons. The van der Waals surface area contributed by atoms with E-state index < -0.39 is 0 Å². The summed E-state index contributed by atoms with van der Waals surface area (Å²) in [6.45, 7) is 2.80. The van der Waals surface area contributed by atoms with Gasteiger partial charge in [0.1, 0.15) is 0 Å². The van der Waals surface area contributed by atoms with Crippen molar-refractivity contribution in [2.24, 2.45) is 5.73 Å². The molecule has 0 amide bonds. The van der Waals surface area contributed by atoms with Crippen LogP contribution >= 0.6 is 0 Å². The van der Waals surface area contributed by atoms with Crippen molar-refractivity contribution in [1.82, 2.24) is 5.32 Å². The van der Waals surface area contributed by atoms with Gasteiger partial charge in [0.15, 0.2) is 0 Å². The van der Waals surface area contributed by atoms with Crippen molar-refractivity contribution in [3.05, 3.63) is 6.54 Å². The normalized spacial score (nSPS) is 9.43. The lowest BCUT2D eigenvalue weighted by molar-refractivity contribution is 0.763. The van der Waals surface area contributed by atoms with E-state index in [2.05, 4.69) is 5.32 Å². The van der Waals surface area contributed by atoms with Crippen LogP contribution < -0.4 is 11.1 Å². The fraction of sp³-hybridized carbons (Fsp3) is 0.800. The zero-order valence-corrected chi connectivity index (χ0v) is 4.78. The Labute approximate surface area is 45.1 Å². The number of hydrogen-bond acceptors (Lipinski definition) is 2. The van der Waals surface area contributed by atoms with Gasteiger partial charge in [-0.1, -0.05) is 0 Å². The summed E-state index contributed by atoms with van der Waals surface area (Å²) in [5, 5.41) is 2.92. The number of nitrogens with one attached hydrogen (secondary N) is 1. The Kier molecular flexibility index (Phi) is 5.85. The number of unbranched alkanes of at least 4 members (excludes halogenated alkanes) is 1. The van der Waals surface area contributed by atoms with E-state index in [1.165, 1.54) is 0 Å². The van der Waals surface area contributed by atoms with Crippen molar-refractivity contribution in [2.75, 3.05) is 13.6 Å². The van der Waals surface area contributed by atoms with E-state index >= 15 is 0 Å². The Hall–Kier alpha value is -0.0800. The van der Waals surface area contributed by atoms with Gasteiger partial charge in [0.25, 0.3) is 0 Å². The smallest absolute Gasteiger partial charge is 0.0218 e. The van der Waals surface area contributed by atoms with E-state index in [4.69, 9.17) is 5.73 Å². The topological polar surface area (TPSA) is 38.0 Å². The summed E-state index contributed by atoms with van der Waals surface area (Å²) in [4.78, 5) is 0. The average molecular weight is 101 g/mol. The number of nitrogens with two attached hydrogens (primary N) is 1. The van der Waals surface area contributed by atoms with Crippen LogP contribution in [0.25, 0.3) is 0 Å². The molecular formula is C5H13N2. The maximum absolute atomic E-state index is 5.22. The molecule has 2 heteroatoms. The highest BCUT2D eigenvalue weighted by Gasteiger charge is 1.79. The van der Waals surface area contributed by atoms with Gasteiger partial charge in [-0.3, -0.25) is 0 Å². The molecule has 0 saturated heterocycles. The molecule has 7 heavy (non-hydrogen) atoms. The molecule has 0 bridgehead atoms. The molecule has 0 aromatic heterocycles. The summed E-state index contributed by atoms with van der Waals surface area (Å²) in [7, 11) is 1.90. The van der Waals surface area contributed by atoms with Crippen LogP contribution in [0.2, 0.25) is 0 Å². The van der Waals surface area contributed by atoms with Crippen LogP contribution in [-0.4, -0.2) is 13.6 Å². The summed E-state index contributed by atoms with van der Waals surface area (Å²) in [6, 6.07) is 0. The van der Waals surface area contributed by atoms with Gasteiger partial charge in [0.05, 0.1) is 0 Å². The second kappa shape index (κ2) is 5.92. The maximum Gasteiger partial charge on any atom is 0.0218 e. The molecular weight excluding hydrogens is 88.1 g/mol. The van der Waals surface area contributed by atoms with Crippen molar-refractivity contribution in [1.29, 1.82) is 0 Å². The quantitative estimate of drug-likeness (QED) is 0.493. The molecule has 2 nitrogen and oxygen atoms in total. The first-order chi connectivity index (χ1) is 3.41. The molecule has 3 N–H and O–H groups in total. The van der Waals surface area contributed by atoms with E-state index in [1.807, 2.05) is 13.6 Å². The summed E-state index contributed by atoms with van der Waals surface area (Å²) >= 11 is 0. The standard InChI is InChI=1S/C5H13N2/c1-7-5-3-2-4-6/h5,7H,2-4,6H2,1H3. The number of rotatable bonds is 4. The monoisotopic (exact) mass is 101 g/mol. The molecule has 0 aromatic rings. The van der Waals surface area contributed by atoms with Gasteiger partial charge in [-0.15, -0.1) is 0 Å². The fourth-order valence-electron chi connectivity index (χ4n) is 0.364. The third-order valence-corrected chi connectivity index (χ3v) is 0.757. The second-order valence-electron chi connectivity index (χ2n) is 1.42. The predicted octanol–water partition coefficient (Wildman–Crippen LogP) is 0.106. The lowest BCUT2D eigenvalue weighted by Gasteiger charge is -1.92. The van der Waals surface area contributed by atoms with E-state index in [1.54, 1.807) is 0 Å². The largest absolute Gasteiger partial charge is 0.330 e. The highest BCUT2D eigenvalue weighted by Crippen LogP contribution is 1.84. The first kappa shape index (κ1) is 6.92. The zero-order chi connectivity index (χ0) is 5.54. The van der Waals surface area contributed by atoms with Crippen LogP contribution in [0.5, 0.6) is 0 Å². The van der Waals surface area contributed by atoms with E-state index in [9.17, 15) is 0 Å². The molecule has 0 saturated carbocycles. The molecule has 0 unspecified atom stereocenters. The van der Waals surface area contributed by atoms with E-state index in [0.717, 1.165) is 19.4 Å². The van der Waals surface area contributed by atoms with Crippen LogP contribution in [0.3, 0.4) is 0 Å². The SMILES string of the molecule is CN[CH]CCCN. The van der Waals surface area contributed by atoms with Crippen LogP contribution in [0.4, 0.5) is 0 Å². The lowest BCUT2D eigenvalue weighted by atomic mass is 10.3. The Balaban J connectivity index is 2.45. The fourth-order valence-corrected chi connectivity index (χ4v) is 0.364. The third-order valence-electron chi connectivity index (χ3n) is 0.757. The van der Waals surface area contributed by atoms with Crippen LogP contribution in [0.15, 0.2) is 0 Å². The molecule has 0 heterocycles. The van der Waals surface area contributed by atoms with Gasteiger partial charge in [-0.05, 0) is 26.4 Å². The minimum absolute atomic E-state index is 0.790. The Bertz CT molecular complexity index is 25.3. The molecule has 0 aliphatic heterocycles. The van der Waals surface area contributed by atoms with Crippen molar-refractivity contribution >= 4 is 0 Å². The Morgan fingerprint density at radius 1 is 1.71 bits per heavy atom. The van der Waals surface area contributed by atoms with Crippen LogP contribution in [0, 0.1) is 6.54 Å². The molecule has 0 aliphatic rings. The van der Waals surface area contributed by atoms with Gasteiger partial charge in [-0.25, -0.2) is 0 Å². The Morgan fingerprint density at radius 2 is 2.43 bits per heavy atom. The first-order valence-electron chi connectivity index (χ1n) is 2.61. The summed E-state index contributed by atoms with van der Waals surface area (Å²) < 4.78 is 0. The van der Waals surface area contributed by atoms with Crippen molar-refractivity contribution in [2.45, 2.75) is 12.8 Å². The highest BCUT2D eigenvalue weighted by atomic mass is 14.8. The summed E-state index contributed by atoms with van der Waals surface area (Å²) in [5.41, 5.74) is 5.22. The maximum atomic E-state index is 5.22. The van der Waals surface area contributed by atoms with Gasteiger partial charge in [-0.2, -0.15) is 0 Å². The minimum atomic E-state index is 0.790. The average Bonchev–Trinajstić information content (AvgIpc) is 1.69. The van der Waals surface area contributed by atoms with Crippen LogP contribution in [0.1, 0.15) is 12.8 Å². The Morgan fingerprint density at radius 3 is 2.86 bits per heavy atom. The van der Waals surface area contributed by atoms with Crippen molar-refractivity contribution in [3.63, 3.8) is 0 Å². The first-order valence-corrected chi connectivity index (χ1v) is 2.61. The van der Waals surface area contributed by atoms with Gasteiger partial charge >= 0.3 is 0 Å². The second-order valence-corrected chi connectivity index (χ2v) is 1.42. The molecule has 0 spiro atoms. The minimum Gasteiger partial charge on any atom is -0.330 e. The lowest BCUT2D eigenvalue weighted by Crippen LogP contribution is -2.04.